The fraction of sp³-hybridized carbons (Fsp3) is 0.273. The van der Waals surface area contributed by atoms with Crippen molar-refractivity contribution in [2.24, 2.45) is 0 Å². The van der Waals surface area contributed by atoms with Crippen LogP contribution >= 0.6 is 0 Å². The number of halogens is 1. The van der Waals surface area contributed by atoms with Crippen LogP contribution < -0.4 is 5.32 Å². The Hall–Kier alpha value is -2.51. The molecule has 0 radical (unpaired) electrons. The molecular weight excluding hydrogens is 257 g/mol. The van der Waals surface area contributed by atoms with E-state index in [1.807, 2.05) is 0 Å². The summed E-state index contributed by atoms with van der Waals surface area (Å²) in [6.45, 7) is 1.71. The molecule has 0 aliphatic carbocycles. The summed E-state index contributed by atoms with van der Waals surface area (Å²) in [5, 5.41) is 13.1. The molecule has 0 unspecified atom stereocenters. The van der Waals surface area contributed by atoms with E-state index in [1.54, 1.807) is 0 Å². The summed E-state index contributed by atoms with van der Waals surface area (Å²) >= 11 is 0. The topological polar surface area (TPSA) is 92.6 Å². The maximum Gasteiger partial charge on any atom is 0.324 e. The summed E-state index contributed by atoms with van der Waals surface area (Å²) in [6, 6.07) is 1.25. The lowest BCUT2D eigenvalue weighted by Crippen LogP contribution is -2.34. The van der Waals surface area contributed by atoms with Crippen molar-refractivity contribution in [1.82, 2.24) is 10.2 Å². The van der Waals surface area contributed by atoms with Gasteiger partial charge in [0.1, 0.15) is 5.82 Å². The van der Waals surface area contributed by atoms with Crippen molar-refractivity contribution in [1.29, 1.82) is 0 Å². The monoisotopic (exact) mass is 267 g/mol. The van der Waals surface area contributed by atoms with E-state index in [-0.39, 0.29) is 24.3 Å². The van der Waals surface area contributed by atoms with Gasteiger partial charge < -0.3 is 5.32 Å². The van der Waals surface area contributed by atoms with Gasteiger partial charge in [-0.1, -0.05) is 0 Å². The lowest BCUT2D eigenvalue weighted by molar-refractivity contribution is -0.385. The molecule has 0 bridgehead atoms. The Kier molecular flexibility index (Phi) is 3.16. The maximum absolute atomic E-state index is 13.9. The quantitative estimate of drug-likeness (QED) is 0.643. The zero-order valence-electron chi connectivity index (χ0n) is 9.97. The van der Waals surface area contributed by atoms with Crippen LogP contribution in [0.15, 0.2) is 12.1 Å². The normalized spacial score (nSPS) is 14.4. The van der Waals surface area contributed by atoms with E-state index in [4.69, 9.17) is 0 Å². The molecule has 1 aromatic carbocycles. The molecule has 0 saturated carbocycles. The molecule has 1 aromatic rings. The van der Waals surface area contributed by atoms with Gasteiger partial charge in [-0.25, -0.2) is 9.18 Å². The molecule has 19 heavy (non-hydrogen) atoms. The van der Waals surface area contributed by atoms with E-state index >= 15 is 0 Å². The largest absolute Gasteiger partial charge is 0.336 e. The second-order valence-electron chi connectivity index (χ2n) is 4.07. The Bertz CT molecular complexity index is 588. The van der Waals surface area contributed by atoms with Gasteiger partial charge in [-0.3, -0.25) is 19.8 Å². The first-order valence-electron chi connectivity index (χ1n) is 5.46. The standard InChI is InChI=1S/C11H10FN3O4/c1-6-4-7(15(18)19)5-8(9(6)12)10(16)14-3-2-13-11(14)17/h4-5H,2-3H2,1H3,(H,13,17). The smallest absolute Gasteiger partial charge is 0.324 e. The molecule has 100 valence electrons. The molecular formula is C11H10FN3O4. The molecule has 3 amide bonds. The van der Waals surface area contributed by atoms with E-state index in [0.29, 0.717) is 0 Å². The molecule has 1 aliphatic rings. The summed E-state index contributed by atoms with van der Waals surface area (Å²) in [5.41, 5.74) is -0.872. The Morgan fingerprint density at radius 1 is 1.53 bits per heavy atom. The predicted molar refractivity (Wildman–Crippen MR) is 62.2 cm³/mol. The molecule has 8 heteroatoms. The minimum atomic E-state index is -0.876. The van der Waals surface area contributed by atoms with Crippen molar-refractivity contribution in [2.45, 2.75) is 6.92 Å². The first-order valence-corrected chi connectivity index (χ1v) is 5.46. The van der Waals surface area contributed by atoms with Crippen molar-refractivity contribution < 1.29 is 18.9 Å². The van der Waals surface area contributed by atoms with Crippen LogP contribution in [0.4, 0.5) is 14.9 Å². The molecule has 0 spiro atoms. The van der Waals surface area contributed by atoms with Gasteiger partial charge in [-0.15, -0.1) is 0 Å². The summed E-state index contributed by atoms with van der Waals surface area (Å²) < 4.78 is 13.9. The molecule has 1 aliphatic heterocycles. The third kappa shape index (κ3) is 2.24. The number of hydrogen-bond donors (Lipinski definition) is 1. The molecule has 1 fully saturated rings. The first kappa shape index (κ1) is 12.9. The molecule has 0 atom stereocenters. The number of aryl methyl sites for hydroxylation is 1. The van der Waals surface area contributed by atoms with Crippen molar-refractivity contribution in [3.05, 3.63) is 39.2 Å². The zero-order chi connectivity index (χ0) is 14.2. The van der Waals surface area contributed by atoms with E-state index in [1.165, 1.54) is 6.92 Å². The average molecular weight is 267 g/mol. The Morgan fingerprint density at radius 2 is 2.21 bits per heavy atom. The van der Waals surface area contributed by atoms with Gasteiger partial charge in [0, 0.05) is 25.2 Å². The van der Waals surface area contributed by atoms with E-state index < -0.39 is 28.2 Å². The third-order valence-electron chi connectivity index (χ3n) is 2.78. The van der Waals surface area contributed by atoms with E-state index in [0.717, 1.165) is 17.0 Å². The van der Waals surface area contributed by atoms with E-state index in [9.17, 15) is 24.1 Å². The van der Waals surface area contributed by atoms with E-state index in [2.05, 4.69) is 5.32 Å². The molecule has 1 heterocycles. The van der Waals surface area contributed by atoms with Crippen LogP contribution in [0.3, 0.4) is 0 Å². The second kappa shape index (κ2) is 4.63. The van der Waals surface area contributed by atoms with Crippen LogP contribution in [0.1, 0.15) is 15.9 Å². The van der Waals surface area contributed by atoms with Crippen LogP contribution in [-0.4, -0.2) is 34.9 Å². The fourth-order valence-electron chi connectivity index (χ4n) is 1.82. The number of nitrogens with zero attached hydrogens (tertiary/aromatic N) is 2. The van der Waals surface area contributed by atoms with Crippen molar-refractivity contribution in [3.8, 4) is 0 Å². The minimum Gasteiger partial charge on any atom is -0.336 e. The van der Waals surface area contributed by atoms with Crippen LogP contribution in [0.5, 0.6) is 0 Å². The van der Waals surface area contributed by atoms with Crippen molar-refractivity contribution in [2.75, 3.05) is 13.1 Å². The SMILES string of the molecule is Cc1cc([N+](=O)[O-])cc(C(=O)N2CCNC2=O)c1F. The van der Waals surface area contributed by atoms with Gasteiger partial charge in [-0.2, -0.15) is 0 Å². The highest BCUT2D eigenvalue weighted by molar-refractivity contribution is 6.05. The number of nitro benzene ring substituents is 1. The number of urea groups is 1. The summed E-state index contributed by atoms with van der Waals surface area (Å²) in [4.78, 5) is 34.2. The van der Waals surface area contributed by atoms with Gasteiger partial charge in [-0.05, 0) is 12.5 Å². The number of hydrogen-bond acceptors (Lipinski definition) is 4. The molecule has 0 aromatic heterocycles. The molecule has 1 saturated heterocycles. The minimum absolute atomic E-state index is 0.0165. The summed E-state index contributed by atoms with van der Waals surface area (Å²) in [5.74, 6) is -1.73. The number of benzene rings is 1. The number of non-ortho nitro benzene ring substituents is 1. The Labute approximate surface area is 107 Å². The molecule has 1 N–H and O–H groups in total. The third-order valence-corrected chi connectivity index (χ3v) is 2.78. The number of nitro groups is 1. The van der Waals surface area contributed by atoms with Crippen LogP contribution in [0.2, 0.25) is 0 Å². The lowest BCUT2D eigenvalue weighted by Gasteiger charge is -2.13. The van der Waals surface area contributed by atoms with Gasteiger partial charge in [0.2, 0.25) is 0 Å². The van der Waals surface area contributed by atoms with Gasteiger partial charge in [0.15, 0.2) is 0 Å². The van der Waals surface area contributed by atoms with Crippen LogP contribution in [-0.2, 0) is 0 Å². The highest BCUT2D eigenvalue weighted by atomic mass is 19.1. The maximum atomic E-state index is 13.9. The average Bonchev–Trinajstić information content (AvgIpc) is 2.77. The van der Waals surface area contributed by atoms with Gasteiger partial charge in [0.25, 0.3) is 11.6 Å². The fourth-order valence-corrected chi connectivity index (χ4v) is 1.82. The van der Waals surface area contributed by atoms with Crippen molar-refractivity contribution >= 4 is 17.6 Å². The number of carbonyl (C=O) groups is 2. The number of rotatable bonds is 2. The first-order chi connectivity index (χ1) is 8.91. The molecule has 7 nitrogen and oxygen atoms in total. The van der Waals surface area contributed by atoms with Gasteiger partial charge in [0.05, 0.1) is 10.5 Å². The van der Waals surface area contributed by atoms with Gasteiger partial charge >= 0.3 is 6.03 Å². The number of amides is 3. The number of carbonyl (C=O) groups excluding carboxylic acids is 2. The summed E-state index contributed by atoms with van der Waals surface area (Å²) in [6.07, 6.45) is 0. The summed E-state index contributed by atoms with van der Waals surface area (Å²) in [7, 11) is 0. The molecule has 2 rings (SSSR count). The Morgan fingerprint density at radius 3 is 2.74 bits per heavy atom. The van der Waals surface area contributed by atoms with Crippen LogP contribution in [0, 0.1) is 22.9 Å². The lowest BCUT2D eigenvalue weighted by atomic mass is 10.1. The second-order valence-corrected chi connectivity index (χ2v) is 4.07. The zero-order valence-corrected chi connectivity index (χ0v) is 9.97. The predicted octanol–water partition coefficient (Wildman–Crippen LogP) is 1.21. The Balaban J connectivity index is 2.46. The highest BCUT2D eigenvalue weighted by Crippen LogP contribution is 2.22. The number of imide groups is 1. The highest BCUT2D eigenvalue weighted by Gasteiger charge is 2.30. The van der Waals surface area contributed by atoms with Crippen LogP contribution in [0.25, 0.3) is 0 Å². The van der Waals surface area contributed by atoms with Crippen molar-refractivity contribution in [3.63, 3.8) is 0 Å². The number of nitrogens with one attached hydrogen (secondary N) is 1.